The van der Waals surface area contributed by atoms with Gasteiger partial charge < -0.3 is 10.6 Å². The Bertz CT molecular complexity index is 344. The van der Waals surface area contributed by atoms with Crippen molar-refractivity contribution in [1.29, 1.82) is 0 Å². The van der Waals surface area contributed by atoms with Crippen LogP contribution in [0.1, 0.15) is 24.8 Å². The number of hydrogen-bond donors (Lipinski definition) is 2. The summed E-state index contributed by atoms with van der Waals surface area (Å²) in [5.41, 5.74) is 0.651. The van der Waals surface area contributed by atoms with Crippen molar-refractivity contribution >= 4 is 0 Å². The van der Waals surface area contributed by atoms with Crippen molar-refractivity contribution in [1.82, 2.24) is 10.6 Å². The Morgan fingerprint density at radius 1 is 1.06 bits per heavy atom. The second-order valence-corrected chi connectivity index (χ2v) is 4.54. The Hall–Kier alpha value is -1.00. The fourth-order valence-corrected chi connectivity index (χ4v) is 1.75. The highest BCUT2D eigenvalue weighted by molar-refractivity contribution is 5.17. The number of benzene rings is 1. The molecule has 2 nitrogen and oxygen atoms in total. The third kappa shape index (κ3) is 4.79. The van der Waals surface area contributed by atoms with Gasteiger partial charge in [-0.3, -0.25) is 0 Å². The standard InChI is InChI=1S/C13H18F2N2/c14-11-6-10(7-12(15)8-11)9-16-4-1-5-17-13-2-3-13/h6-8,13,16-17H,1-5,9H2. The highest BCUT2D eigenvalue weighted by Crippen LogP contribution is 2.18. The topological polar surface area (TPSA) is 24.1 Å². The highest BCUT2D eigenvalue weighted by atomic mass is 19.1. The fourth-order valence-electron chi connectivity index (χ4n) is 1.75. The van der Waals surface area contributed by atoms with Crippen LogP contribution in [0.4, 0.5) is 8.78 Å². The summed E-state index contributed by atoms with van der Waals surface area (Å²) < 4.78 is 25.8. The molecule has 0 radical (unpaired) electrons. The summed E-state index contributed by atoms with van der Waals surface area (Å²) in [6.45, 7) is 2.38. The van der Waals surface area contributed by atoms with Crippen molar-refractivity contribution in [3.63, 3.8) is 0 Å². The molecule has 2 N–H and O–H groups in total. The lowest BCUT2D eigenvalue weighted by molar-refractivity contribution is 0.568. The summed E-state index contributed by atoms with van der Waals surface area (Å²) in [7, 11) is 0. The molecule has 1 fully saturated rings. The van der Waals surface area contributed by atoms with Gasteiger partial charge in [-0.15, -0.1) is 0 Å². The van der Waals surface area contributed by atoms with Crippen LogP contribution >= 0.6 is 0 Å². The molecule has 0 unspecified atom stereocenters. The predicted molar refractivity (Wildman–Crippen MR) is 63.7 cm³/mol. The molecule has 0 amide bonds. The third-order valence-corrected chi connectivity index (χ3v) is 2.79. The minimum absolute atomic E-state index is 0.512. The van der Waals surface area contributed by atoms with Crippen LogP contribution in [-0.4, -0.2) is 19.1 Å². The molecule has 4 heteroatoms. The van der Waals surface area contributed by atoms with Gasteiger partial charge in [0.1, 0.15) is 11.6 Å². The Balaban J connectivity index is 1.59. The first-order valence-electron chi connectivity index (χ1n) is 6.13. The first-order chi connectivity index (χ1) is 8.24. The average Bonchev–Trinajstić information content (AvgIpc) is 3.05. The van der Waals surface area contributed by atoms with Gasteiger partial charge in [0, 0.05) is 18.7 Å². The second kappa shape index (κ2) is 6.07. The molecule has 17 heavy (non-hydrogen) atoms. The normalized spacial score (nSPS) is 15.2. The largest absolute Gasteiger partial charge is 0.314 e. The summed E-state index contributed by atoms with van der Waals surface area (Å²) in [6.07, 6.45) is 3.64. The first kappa shape index (κ1) is 12.5. The quantitative estimate of drug-likeness (QED) is 0.714. The van der Waals surface area contributed by atoms with Crippen molar-refractivity contribution in [2.75, 3.05) is 13.1 Å². The summed E-state index contributed by atoms with van der Waals surface area (Å²) in [6, 6.07) is 4.35. The van der Waals surface area contributed by atoms with Crippen LogP contribution in [-0.2, 0) is 6.54 Å². The zero-order chi connectivity index (χ0) is 12.1. The zero-order valence-corrected chi connectivity index (χ0v) is 9.81. The van der Waals surface area contributed by atoms with Crippen LogP contribution in [0.3, 0.4) is 0 Å². The average molecular weight is 240 g/mol. The molecule has 1 aliphatic rings. The lowest BCUT2D eigenvalue weighted by atomic mass is 10.2. The Kier molecular flexibility index (Phi) is 4.45. The van der Waals surface area contributed by atoms with Crippen molar-refractivity contribution in [2.24, 2.45) is 0 Å². The predicted octanol–water partition coefficient (Wildman–Crippen LogP) is 2.20. The van der Waals surface area contributed by atoms with Crippen LogP contribution in [0, 0.1) is 11.6 Å². The van der Waals surface area contributed by atoms with Crippen LogP contribution in [0.15, 0.2) is 18.2 Å². The van der Waals surface area contributed by atoms with E-state index in [0.717, 1.165) is 31.6 Å². The first-order valence-corrected chi connectivity index (χ1v) is 6.13. The maximum atomic E-state index is 12.9. The highest BCUT2D eigenvalue weighted by Gasteiger charge is 2.19. The number of halogens is 2. The molecule has 0 spiro atoms. The Labute approximate surface area is 100 Å². The molecular weight excluding hydrogens is 222 g/mol. The van der Waals surface area contributed by atoms with Crippen molar-refractivity contribution < 1.29 is 8.78 Å². The van der Waals surface area contributed by atoms with E-state index in [1.807, 2.05) is 0 Å². The van der Waals surface area contributed by atoms with Gasteiger partial charge in [-0.2, -0.15) is 0 Å². The minimum Gasteiger partial charge on any atom is -0.314 e. The monoisotopic (exact) mass is 240 g/mol. The van der Waals surface area contributed by atoms with Gasteiger partial charge in [-0.05, 0) is 50.0 Å². The lowest BCUT2D eigenvalue weighted by Crippen LogP contribution is -2.23. The molecule has 1 aromatic rings. The second-order valence-electron chi connectivity index (χ2n) is 4.54. The molecule has 2 rings (SSSR count). The van der Waals surface area contributed by atoms with Gasteiger partial charge in [-0.1, -0.05) is 0 Å². The minimum atomic E-state index is -0.516. The number of rotatable bonds is 7. The fraction of sp³-hybridized carbons (Fsp3) is 0.538. The lowest BCUT2D eigenvalue weighted by Gasteiger charge is -2.06. The molecule has 0 atom stereocenters. The van der Waals surface area contributed by atoms with E-state index in [1.54, 1.807) is 0 Å². The van der Waals surface area contributed by atoms with E-state index < -0.39 is 11.6 Å². The van der Waals surface area contributed by atoms with Crippen molar-refractivity contribution in [3.05, 3.63) is 35.4 Å². The molecule has 0 heterocycles. The summed E-state index contributed by atoms with van der Waals surface area (Å²) in [4.78, 5) is 0. The van der Waals surface area contributed by atoms with E-state index in [0.29, 0.717) is 12.1 Å². The van der Waals surface area contributed by atoms with E-state index in [9.17, 15) is 8.78 Å². The van der Waals surface area contributed by atoms with Crippen LogP contribution in [0.25, 0.3) is 0 Å². The summed E-state index contributed by atoms with van der Waals surface area (Å²) >= 11 is 0. The van der Waals surface area contributed by atoms with Gasteiger partial charge in [0.15, 0.2) is 0 Å². The number of nitrogens with one attached hydrogen (secondary N) is 2. The van der Waals surface area contributed by atoms with E-state index in [4.69, 9.17) is 0 Å². The van der Waals surface area contributed by atoms with Gasteiger partial charge in [-0.25, -0.2) is 8.78 Å². The molecule has 1 aromatic carbocycles. The molecule has 94 valence electrons. The van der Waals surface area contributed by atoms with E-state index in [1.165, 1.54) is 25.0 Å². The zero-order valence-electron chi connectivity index (χ0n) is 9.81. The van der Waals surface area contributed by atoms with E-state index in [-0.39, 0.29) is 0 Å². The van der Waals surface area contributed by atoms with Gasteiger partial charge in [0.2, 0.25) is 0 Å². The van der Waals surface area contributed by atoms with E-state index >= 15 is 0 Å². The summed E-state index contributed by atoms with van der Waals surface area (Å²) in [5.74, 6) is -1.03. The third-order valence-electron chi connectivity index (χ3n) is 2.79. The van der Waals surface area contributed by atoms with Gasteiger partial charge >= 0.3 is 0 Å². The molecule has 0 saturated heterocycles. The molecule has 0 aromatic heterocycles. The number of hydrogen-bond acceptors (Lipinski definition) is 2. The van der Waals surface area contributed by atoms with Crippen LogP contribution in [0.2, 0.25) is 0 Å². The van der Waals surface area contributed by atoms with Gasteiger partial charge in [0.25, 0.3) is 0 Å². The smallest absolute Gasteiger partial charge is 0.126 e. The Morgan fingerprint density at radius 2 is 1.76 bits per heavy atom. The Morgan fingerprint density at radius 3 is 2.41 bits per heavy atom. The van der Waals surface area contributed by atoms with Crippen LogP contribution < -0.4 is 10.6 Å². The summed E-state index contributed by atoms with van der Waals surface area (Å²) in [5, 5.41) is 6.59. The maximum Gasteiger partial charge on any atom is 0.126 e. The van der Waals surface area contributed by atoms with Gasteiger partial charge in [0.05, 0.1) is 0 Å². The maximum absolute atomic E-state index is 12.9. The molecule has 0 aliphatic heterocycles. The van der Waals surface area contributed by atoms with Crippen molar-refractivity contribution in [3.8, 4) is 0 Å². The molecule has 0 bridgehead atoms. The van der Waals surface area contributed by atoms with Crippen LogP contribution in [0.5, 0.6) is 0 Å². The molecule has 1 saturated carbocycles. The molecular formula is C13H18F2N2. The molecule has 1 aliphatic carbocycles. The van der Waals surface area contributed by atoms with E-state index in [2.05, 4.69) is 10.6 Å². The SMILES string of the molecule is Fc1cc(F)cc(CNCCCNC2CC2)c1. The van der Waals surface area contributed by atoms with Crippen molar-refractivity contribution in [2.45, 2.75) is 31.8 Å².